The molecule has 2 aromatic carbocycles. The number of hydrogen-bond acceptors (Lipinski definition) is 5. The fraction of sp³-hybridized carbons (Fsp3) is 0. The number of ether oxygens (including phenoxy) is 1. The lowest BCUT2D eigenvalue weighted by atomic mass is 10.1. The molecule has 0 amide bonds. The van der Waals surface area contributed by atoms with E-state index in [1.165, 1.54) is 36.4 Å². The van der Waals surface area contributed by atoms with Crippen LogP contribution < -0.4 is 4.74 Å². The average molecular weight is 303 g/mol. The molecular formula is C14H7ClN2O4. The Morgan fingerprint density at radius 3 is 2.71 bits per heavy atom. The van der Waals surface area contributed by atoms with Gasteiger partial charge in [0.1, 0.15) is 18.1 Å². The molecule has 2 rings (SSSR count). The van der Waals surface area contributed by atoms with E-state index in [9.17, 15) is 14.9 Å². The lowest BCUT2D eigenvalue weighted by molar-refractivity contribution is -0.385. The molecule has 0 saturated heterocycles. The number of carbonyl (C=O) groups excluding carboxylic acids is 1. The molecule has 0 heterocycles. The van der Waals surface area contributed by atoms with Gasteiger partial charge in [0, 0.05) is 11.6 Å². The molecule has 6 nitrogen and oxygen atoms in total. The summed E-state index contributed by atoms with van der Waals surface area (Å²) < 4.78 is 5.41. The molecule has 0 aliphatic rings. The van der Waals surface area contributed by atoms with Crippen molar-refractivity contribution in [2.45, 2.75) is 0 Å². The number of carbonyl (C=O) groups is 1. The molecule has 2 aromatic rings. The molecule has 0 saturated carbocycles. The number of nitrogens with zero attached hydrogens (tertiary/aromatic N) is 2. The van der Waals surface area contributed by atoms with Crippen molar-refractivity contribution in [1.29, 1.82) is 5.26 Å². The van der Waals surface area contributed by atoms with E-state index in [1.54, 1.807) is 0 Å². The number of nitro benzene ring substituents is 1. The van der Waals surface area contributed by atoms with E-state index < -0.39 is 4.92 Å². The molecule has 0 aliphatic carbocycles. The van der Waals surface area contributed by atoms with Crippen LogP contribution >= 0.6 is 11.6 Å². The minimum Gasteiger partial charge on any atom is -0.447 e. The first-order valence-electron chi connectivity index (χ1n) is 5.67. The van der Waals surface area contributed by atoms with Crippen molar-refractivity contribution < 1.29 is 14.5 Å². The second kappa shape index (κ2) is 6.03. The zero-order valence-corrected chi connectivity index (χ0v) is 11.2. The standard InChI is InChI=1S/C14H7ClN2O4/c15-11-2-1-3-12(17(19)20)14(11)21-13-5-4-9(8-18)6-10(13)7-16/h1-6,8H. The summed E-state index contributed by atoms with van der Waals surface area (Å²) in [5.41, 5.74) is 0.0622. The molecule has 104 valence electrons. The Balaban J connectivity index is 2.51. The van der Waals surface area contributed by atoms with Gasteiger partial charge in [-0.2, -0.15) is 5.26 Å². The fourth-order valence-electron chi connectivity index (χ4n) is 1.65. The number of aldehydes is 1. The molecule has 7 heteroatoms. The molecule has 0 atom stereocenters. The Morgan fingerprint density at radius 2 is 2.10 bits per heavy atom. The lowest BCUT2D eigenvalue weighted by Gasteiger charge is -2.09. The molecule has 21 heavy (non-hydrogen) atoms. The maximum Gasteiger partial charge on any atom is 0.313 e. The number of halogens is 1. The van der Waals surface area contributed by atoms with Gasteiger partial charge in [0.25, 0.3) is 0 Å². The molecule has 0 fully saturated rings. The smallest absolute Gasteiger partial charge is 0.313 e. The first kappa shape index (κ1) is 14.5. The third kappa shape index (κ3) is 2.99. The van der Waals surface area contributed by atoms with Crippen molar-refractivity contribution in [1.82, 2.24) is 0 Å². The first-order valence-corrected chi connectivity index (χ1v) is 6.04. The van der Waals surface area contributed by atoms with E-state index in [1.807, 2.05) is 6.07 Å². The first-order chi connectivity index (χ1) is 10.1. The molecule has 0 N–H and O–H groups in total. The SMILES string of the molecule is N#Cc1cc(C=O)ccc1Oc1c(Cl)cccc1[N+](=O)[O-]. The van der Waals surface area contributed by atoms with Gasteiger partial charge >= 0.3 is 5.69 Å². The van der Waals surface area contributed by atoms with Gasteiger partial charge in [-0.1, -0.05) is 17.7 Å². The highest BCUT2D eigenvalue weighted by molar-refractivity contribution is 6.32. The Morgan fingerprint density at radius 1 is 1.33 bits per heavy atom. The number of nitro groups is 1. The summed E-state index contributed by atoms with van der Waals surface area (Å²) in [5, 5.41) is 20.1. The predicted octanol–water partition coefficient (Wildman–Crippen LogP) is 3.72. The van der Waals surface area contributed by atoms with Crippen molar-refractivity contribution in [2.75, 3.05) is 0 Å². The second-order valence-electron chi connectivity index (χ2n) is 3.93. The van der Waals surface area contributed by atoms with E-state index in [2.05, 4.69) is 0 Å². The third-order valence-electron chi connectivity index (χ3n) is 2.62. The van der Waals surface area contributed by atoms with Gasteiger partial charge in [0.2, 0.25) is 5.75 Å². The van der Waals surface area contributed by atoms with Crippen molar-refractivity contribution in [3.63, 3.8) is 0 Å². The quantitative estimate of drug-likeness (QED) is 0.487. The van der Waals surface area contributed by atoms with E-state index in [-0.39, 0.29) is 27.8 Å². The van der Waals surface area contributed by atoms with Crippen LogP contribution in [0.4, 0.5) is 5.69 Å². The zero-order chi connectivity index (χ0) is 15.4. The van der Waals surface area contributed by atoms with E-state index in [0.29, 0.717) is 11.8 Å². The van der Waals surface area contributed by atoms with Gasteiger partial charge in [-0.25, -0.2) is 0 Å². The van der Waals surface area contributed by atoms with Gasteiger partial charge in [-0.05, 0) is 24.3 Å². The highest BCUT2D eigenvalue weighted by Gasteiger charge is 2.20. The van der Waals surface area contributed by atoms with Gasteiger partial charge in [0.15, 0.2) is 0 Å². The van der Waals surface area contributed by atoms with Crippen LogP contribution in [0.1, 0.15) is 15.9 Å². The van der Waals surface area contributed by atoms with Crippen LogP contribution in [0.5, 0.6) is 11.5 Å². The van der Waals surface area contributed by atoms with Crippen LogP contribution in [-0.2, 0) is 0 Å². The molecule has 0 radical (unpaired) electrons. The average Bonchev–Trinajstić information content (AvgIpc) is 2.49. The minimum atomic E-state index is -0.632. The van der Waals surface area contributed by atoms with Gasteiger partial charge in [-0.3, -0.25) is 14.9 Å². The molecule has 0 spiro atoms. The zero-order valence-electron chi connectivity index (χ0n) is 10.4. The molecule has 0 aliphatic heterocycles. The summed E-state index contributed by atoms with van der Waals surface area (Å²) in [6.07, 6.45) is 0.586. The largest absolute Gasteiger partial charge is 0.447 e. The second-order valence-corrected chi connectivity index (χ2v) is 4.34. The van der Waals surface area contributed by atoms with Crippen LogP contribution in [0.2, 0.25) is 5.02 Å². The number of rotatable bonds is 4. The van der Waals surface area contributed by atoms with E-state index in [4.69, 9.17) is 21.6 Å². The van der Waals surface area contributed by atoms with Gasteiger partial charge in [-0.15, -0.1) is 0 Å². The third-order valence-corrected chi connectivity index (χ3v) is 2.91. The van der Waals surface area contributed by atoms with Crippen molar-refractivity contribution in [2.24, 2.45) is 0 Å². The van der Waals surface area contributed by atoms with Crippen LogP contribution in [0.3, 0.4) is 0 Å². The predicted molar refractivity (Wildman–Crippen MR) is 74.7 cm³/mol. The van der Waals surface area contributed by atoms with Gasteiger partial charge in [0.05, 0.1) is 15.5 Å². The Labute approximate surface area is 124 Å². The van der Waals surface area contributed by atoms with Crippen LogP contribution in [0.25, 0.3) is 0 Å². The molecular weight excluding hydrogens is 296 g/mol. The van der Waals surface area contributed by atoms with Gasteiger partial charge < -0.3 is 4.74 Å². The summed E-state index contributed by atoms with van der Waals surface area (Å²) in [4.78, 5) is 21.0. The summed E-state index contributed by atoms with van der Waals surface area (Å²) >= 11 is 5.91. The number of benzene rings is 2. The summed E-state index contributed by atoms with van der Waals surface area (Å²) in [6.45, 7) is 0. The van der Waals surface area contributed by atoms with Crippen LogP contribution in [0, 0.1) is 21.4 Å². The summed E-state index contributed by atoms with van der Waals surface area (Å²) in [7, 11) is 0. The van der Waals surface area contributed by atoms with E-state index in [0.717, 1.165) is 0 Å². The van der Waals surface area contributed by atoms with Crippen LogP contribution in [0.15, 0.2) is 36.4 Å². The Bertz CT molecular complexity index is 768. The minimum absolute atomic E-state index is 0.0487. The van der Waals surface area contributed by atoms with Crippen LogP contribution in [-0.4, -0.2) is 11.2 Å². The molecule has 0 aromatic heterocycles. The highest BCUT2D eigenvalue weighted by Crippen LogP contribution is 2.38. The normalized spacial score (nSPS) is 9.71. The number of hydrogen-bond donors (Lipinski definition) is 0. The number of nitriles is 1. The van der Waals surface area contributed by atoms with E-state index >= 15 is 0 Å². The monoisotopic (exact) mass is 302 g/mol. The Kier molecular flexibility index (Phi) is 4.16. The Hall–Kier alpha value is -2.91. The van der Waals surface area contributed by atoms with Crippen molar-refractivity contribution in [3.8, 4) is 17.6 Å². The number of para-hydroxylation sites is 1. The highest BCUT2D eigenvalue weighted by atomic mass is 35.5. The maximum absolute atomic E-state index is 11.0. The van der Waals surface area contributed by atoms with Crippen molar-refractivity contribution >= 4 is 23.6 Å². The molecule has 0 bridgehead atoms. The lowest BCUT2D eigenvalue weighted by Crippen LogP contribution is -1.96. The summed E-state index contributed by atoms with van der Waals surface area (Å²) in [6, 6.07) is 10.1. The maximum atomic E-state index is 11.0. The molecule has 0 unspecified atom stereocenters. The fourth-order valence-corrected chi connectivity index (χ4v) is 1.86. The van der Waals surface area contributed by atoms with Crippen molar-refractivity contribution in [3.05, 3.63) is 62.7 Å². The topological polar surface area (TPSA) is 93.2 Å². The summed E-state index contributed by atoms with van der Waals surface area (Å²) in [5.74, 6) is -0.0705.